The van der Waals surface area contributed by atoms with Gasteiger partial charge in [-0.1, -0.05) is 0 Å². The van der Waals surface area contributed by atoms with E-state index < -0.39 is 29.4 Å². The number of alkyl halides is 5. The molecule has 0 amide bonds. The Kier molecular flexibility index (Phi) is 4.01. The molecule has 0 bridgehead atoms. The first-order valence-corrected chi connectivity index (χ1v) is 5.85. The molecule has 0 fully saturated rings. The van der Waals surface area contributed by atoms with E-state index in [1.165, 1.54) is 6.07 Å². The largest absolute Gasteiger partial charge is 0.493 e. The Bertz CT molecular complexity index is 808. The molecule has 2 rings (SSSR count). The van der Waals surface area contributed by atoms with Crippen LogP contribution < -0.4 is 15.1 Å². The van der Waals surface area contributed by atoms with Crippen LogP contribution in [0, 0.1) is 0 Å². The van der Waals surface area contributed by atoms with Gasteiger partial charge >= 0.3 is 23.7 Å². The normalized spacial score (nSPS) is 12.3. The number of hydrogen-bond acceptors (Lipinski definition) is 5. The number of carbonyl (C=O) groups excluding carboxylic acids is 1. The smallest absolute Gasteiger partial charge is 0.465 e. The van der Waals surface area contributed by atoms with Gasteiger partial charge < -0.3 is 13.9 Å². The van der Waals surface area contributed by atoms with Crippen molar-refractivity contribution < 1.29 is 40.6 Å². The van der Waals surface area contributed by atoms with Gasteiger partial charge in [-0.15, -0.1) is 0 Å². The first-order chi connectivity index (χ1) is 10.6. The topological polar surface area (TPSA) is 65.7 Å². The van der Waals surface area contributed by atoms with Gasteiger partial charge in [0.05, 0.1) is 7.11 Å². The van der Waals surface area contributed by atoms with Crippen molar-refractivity contribution in [2.45, 2.75) is 12.1 Å². The maximum Gasteiger partial charge on any atom is 0.465 e. The fourth-order valence-corrected chi connectivity index (χ4v) is 1.59. The summed E-state index contributed by atoms with van der Waals surface area (Å²) in [7, 11) is 1.08. The summed E-state index contributed by atoms with van der Waals surface area (Å²) in [6.07, 6.45) is -6.11. The van der Waals surface area contributed by atoms with E-state index in [1.807, 2.05) is 0 Å². The van der Waals surface area contributed by atoms with Crippen molar-refractivity contribution in [2.75, 3.05) is 7.11 Å². The fraction of sp³-hybridized carbons (Fsp3) is 0.231. The third kappa shape index (κ3) is 3.10. The summed E-state index contributed by atoms with van der Waals surface area (Å²) in [4.78, 5) is 22.2. The third-order valence-corrected chi connectivity index (χ3v) is 2.72. The van der Waals surface area contributed by atoms with Crippen molar-refractivity contribution in [1.29, 1.82) is 0 Å². The molecule has 1 aromatic heterocycles. The second kappa shape index (κ2) is 5.52. The van der Waals surface area contributed by atoms with E-state index >= 15 is 0 Å². The van der Waals surface area contributed by atoms with Crippen LogP contribution in [0.2, 0.25) is 0 Å². The van der Waals surface area contributed by atoms with Crippen molar-refractivity contribution in [3.05, 3.63) is 34.7 Å². The monoisotopic (exact) mass is 338 g/mol. The Morgan fingerprint density at radius 2 is 1.74 bits per heavy atom. The number of esters is 1. The predicted octanol–water partition coefficient (Wildman–Crippen LogP) is 2.90. The average molecular weight is 338 g/mol. The number of hydrogen-bond donors (Lipinski definition) is 0. The lowest BCUT2D eigenvalue weighted by Crippen LogP contribution is -2.46. The molecular weight excluding hydrogens is 331 g/mol. The van der Waals surface area contributed by atoms with E-state index in [0.29, 0.717) is 0 Å². The second-order valence-electron chi connectivity index (χ2n) is 4.26. The third-order valence-electron chi connectivity index (χ3n) is 2.72. The Morgan fingerprint density at radius 3 is 2.30 bits per heavy atom. The van der Waals surface area contributed by atoms with Crippen LogP contribution in [0.3, 0.4) is 0 Å². The minimum atomic E-state index is -6.11. The Morgan fingerprint density at radius 1 is 1.09 bits per heavy atom. The van der Waals surface area contributed by atoms with Crippen LogP contribution in [-0.2, 0) is 4.79 Å². The molecular formula is C13H7F5O5. The molecule has 1 heterocycles. The molecule has 10 heteroatoms. The van der Waals surface area contributed by atoms with Crippen LogP contribution in [0.25, 0.3) is 11.0 Å². The van der Waals surface area contributed by atoms with Crippen molar-refractivity contribution in [2.24, 2.45) is 0 Å². The van der Waals surface area contributed by atoms with Gasteiger partial charge in [0.1, 0.15) is 5.58 Å². The molecule has 0 saturated heterocycles. The summed E-state index contributed by atoms with van der Waals surface area (Å²) in [5.41, 5.74) is -0.975. The lowest BCUT2D eigenvalue weighted by molar-refractivity contribution is -0.276. The molecule has 0 atom stereocenters. The van der Waals surface area contributed by atoms with Crippen LogP contribution in [0.5, 0.6) is 11.5 Å². The number of halogens is 5. The van der Waals surface area contributed by atoms with Crippen molar-refractivity contribution in [3.63, 3.8) is 0 Å². The summed E-state index contributed by atoms with van der Waals surface area (Å²) >= 11 is 0. The molecule has 0 aliphatic rings. The lowest BCUT2D eigenvalue weighted by atomic mass is 10.2. The summed E-state index contributed by atoms with van der Waals surface area (Å²) in [6.45, 7) is 0. The highest BCUT2D eigenvalue weighted by molar-refractivity contribution is 5.85. The quantitative estimate of drug-likeness (QED) is 0.373. The van der Waals surface area contributed by atoms with Gasteiger partial charge in [0, 0.05) is 17.5 Å². The second-order valence-corrected chi connectivity index (χ2v) is 4.26. The van der Waals surface area contributed by atoms with E-state index in [9.17, 15) is 31.5 Å². The van der Waals surface area contributed by atoms with E-state index in [0.717, 1.165) is 25.3 Å². The Balaban J connectivity index is 2.46. The van der Waals surface area contributed by atoms with Crippen molar-refractivity contribution >= 4 is 16.9 Å². The molecule has 23 heavy (non-hydrogen) atoms. The highest BCUT2D eigenvalue weighted by Crippen LogP contribution is 2.38. The predicted molar refractivity (Wildman–Crippen MR) is 65.7 cm³/mol. The highest BCUT2D eigenvalue weighted by Gasteiger charge is 2.65. The maximum atomic E-state index is 12.9. The standard InChI is InChI=1S/C13H7F5O5/c1-21-8-4-6-2-3-10(19)22-7(6)5-9(8)23-11(20)12(14,15)13(16,17)18/h2-5H,1H3. The van der Waals surface area contributed by atoms with Gasteiger partial charge in [-0.2, -0.15) is 22.0 Å². The molecule has 0 aliphatic heterocycles. The van der Waals surface area contributed by atoms with Gasteiger partial charge in [-0.05, 0) is 12.1 Å². The molecule has 0 spiro atoms. The molecule has 0 saturated carbocycles. The van der Waals surface area contributed by atoms with E-state index in [1.54, 1.807) is 0 Å². The zero-order valence-electron chi connectivity index (χ0n) is 11.2. The number of ether oxygens (including phenoxy) is 2. The van der Waals surface area contributed by atoms with Crippen LogP contribution in [0.1, 0.15) is 0 Å². The van der Waals surface area contributed by atoms with E-state index in [-0.39, 0.29) is 16.7 Å². The van der Waals surface area contributed by atoms with Gasteiger partial charge in [0.25, 0.3) is 0 Å². The fourth-order valence-electron chi connectivity index (χ4n) is 1.59. The number of carbonyl (C=O) groups is 1. The van der Waals surface area contributed by atoms with Gasteiger partial charge in [0.15, 0.2) is 11.5 Å². The SMILES string of the molecule is COc1cc2ccc(=O)oc2cc1OC(=O)C(F)(F)C(F)(F)F. The Labute approximate surface area is 124 Å². The number of fused-ring (bicyclic) bond motifs is 1. The number of benzene rings is 1. The number of rotatable bonds is 3. The maximum absolute atomic E-state index is 12.9. The zero-order valence-corrected chi connectivity index (χ0v) is 11.2. The van der Waals surface area contributed by atoms with Gasteiger partial charge in [-0.25, -0.2) is 9.59 Å². The zero-order chi connectivity index (χ0) is 17.4. The molecule has 0 unspecified atom stereocenters. The minimum absolute atomic E-state index is 0.184. The van der Waals surface area contributed by atoms with Crippen LogP contribution >= 0.6 is 0 Å². The molecule has 2 aromatic rings. The minimum Gasteiger partial charge on any atom is -0.493 e. The summed E-state index contributed by atoms with van der Waals surface area (Å²) < 4.78 is 75.8. The van der Waals surface area contributed by atoms with Crippen molar-refractivity contribution in [3.8, 4) is 11.5 Å². The summed E-state index contributed by atoms with van der Waals surface area (Å²) in [6, 6.07) is 4.32. The molecule has 0 radical (unpaired) electrons. The van der Waals surface area contributed by atoms with Crippen molar-refractivity contribution in [1.82, 2.24) is 0 Å². The molecule has 124 valence electrons. The van der Waals surface area contributed by atoms with Gasteiger partial charge in [-0.3, -0.25) is 0 Å². The average Bonchev–Trinajstić information content (AvgIpc) is 2.45. The molecule has 5 nitrogen and oxygen atoms in total. The van der Waals surface area contributed by atoms with Crippen LogP contribution in [-0.4, -0.2) is 25.2 Å². The Hall–Kier alpha value is -2.65. The van der Waals surface area contributed by atoms with Crippen LogP contribution in [0.15, 0.2) is 33.5 Å². The number of methoxy groups -OCH3 is 1. The van der Waals surface area contributed by atoms with E-state index in [2.05, 4.69) is 4.74 Å². The first-order valence-electron chi connectivity index (χ1n) is 5.85. The molecule has 0 N–H and O–H groups in total. The van der Waals surface area contributed by atoms with Crippen LogP contribution in [0.4, 0.5) is 22.0 Å². The van der Waals surface area contributed by atoms with E-state index in [4.69, 9.17) is 9.15 Å². The highest BCUT2D eigenvalue weighted by atomic mass is 19.4. The molecule has 1 aromatic carbocycles. The lowest BCUT2D eigenvalue weighted by Gasteiger charge is -2.18. The van der Waals surface area contributed by atoms with Gasteiger partial charge in [0.2, 0.25) is 0 Å². The molecule has 0 aliphatic carbocycles. The summed E-state index contributed by atoms with van der Waals surface area (Å²) in [5.74, 6) is -9.58. The summed E-state index contributed by atoms with van der Waals surface area (Å²) in [5, 5.41) is 0.281. The first kappa shape index (κ1) is 16.7.